The van der Waals surface area contributed by atoms with Crippen molar-refractivity contribution in [1.82, 2.24) is 5.43 Å². The molecule has 3 nitrogen and oxygen atoms in total. The van der Waals surface area contributed by atoms with Crippen molar-refractivity contribution in [2.45, 2.75) is 38.6 Å². The SMILES string of the molecule is CCC(C)c1ccc(C(C)(C#N)NN)cc1. The van der Waals surface area contributed by atoms with Crippen LogP contribution in [-0.4, -0.2) is 0 Å². The van der Waals surface area contributed by atoms with Crippen molar-refractivity contribution < 1.29 is 0 Å². The zero-order chi connectivity index (χ0) is 12.2. The van der Waals surface area contributed by atoms with Crippen molar-refractivity contribution in [3.8, 4) is 6.07 Å². The van der Waals surface area contributed by atoms with Gasteiger partial charge in [0.2, 0.25) is 0 Å². The molecule has 1 rings (SSSR count). The average molecular weight is 217 g/mol. The maximum absolute atomic E-state index is 9.07. The standard InChI is InChI=1S/C13H19N3/c1-4-10(2)11-5-7-12(8-6-11)13(3,9-14)16-15/h5-8,10,16H,4,15H2,1-3H3. The number of hydrogen-bond donors (Lipinski definition) is 2. The third kappa shape index (κ3) is 2.41. The smallest absolute Gasteiger partial charge is 0.141 e. The normalized spacial score (nSPS) is 16.2. The molecule has 3 heteroatoms. The topological polar surface area (TPSA) is 61.8 Å². The van der Waals surface area contributed by atoms with E-state index in [0.29, 0.717) is 5.92 Å². The first-order chi connectivity index (χ1) is 7.57. The largest absolute Gasteiger partial charge is 0.270 e. The molecule has 0 heterocycles. The molecule has 0 bridgehead atoms. The van der Waals surface area contributed by atoms with Gasteiger partial charge in [-0.1, -0.05) is 38.1 Å². The molecule has 3 N–H and O–H groups in total. The Morgan fingerprint density at radius 3 is 2.38 bits per heavy atom. The first-order valence-electron chi connectivity index (χ1n) is 5.57. The highest BCUT2D eigenvalue weighted by molar-refractivity contribution is 5.33. The number of nitrogens with one attached hydrogen (secondary N) is 1. The molecule has 16 heavy (non-hydrogen) atoms. The molecule has 2 atom stereocenters. The fraction of sp³-hybridized carbons (Fsp3) is 0.462. The van der Waals surface area contributed by atoms with Crippen LogP contribution < -0.4 is 11.3 Å². The van der Waals surface area contributed by atoms with E-state index < -0.39 is 5.54 Å². The van der Waals surface area contributed by atoms with Gasteiger partial charge in [-0.2, -0.15) is 5.26 Å². The van der Waals surface area contributed by atoms with Crippen LogP contribution in [0.25, 0.3) is 0 Å². The van der Waals surface area contributed by atoms with E-state index in [1.165, 1.54) is 5.56 Å². The minimum atomic E-state index is -0.812. The van der Waals surface area contributed by atoms with Crippen LogP contribution in [0, 0.1) is 11.3 Å². The predicted molar refractivity (Wildman–Crippen MR) is 65.4 cm³/mol. The molecule has 0 aliphatic heterocycles. The van der Waals surface area contributed by atoms with Gasteiger partial charge in [-0.05, 0) is 30.4 Å². The van der Waals surface area contributed by atoms with Crippen LogP contribution in [-0.2, 0) is 5.54 Å². The van der Waals surface area contributed by atoms with Crippen molar-refractivity contribution in [3.63, 3.8) is 0 Å². The van der Waals surface area contributed by atoms with E-state index in [9.17, 15) is 0 Å². The monoisotopic (exact) mass is 217 g/mol. The summed E-state index contributed by atoms with van der Waals surface area (Å²) in [5.41, 5.74) is 3.92. The van der Waals surface area contributed by atoms with Crippen LogP contribution in [0.2, 0.25) is 0 Å². The lowest BCUT2D eigenvalue weighted by molar-refractivity contribution is 0.482. The molecular formula is C13H19N3. The lowest BCUT2D eigenvalue weighted by Gasteiger charge is -2.21. The number of nitrogens with two attached hydrogens (primary N) is 1. The second kappa shape index (κ2) is 5.11. The van der Waals surface area contributed by atoms with Crippen LogP contribution in [0.5, 0.6) is 0 Å². The van der Waals surface area contributed by atoms with E-state index in [4.69, 9.17) is 11.1 Å². The molecular weight excluding hydrogens is 198 g/mol. The Hall–Kier alpha value is -1.37. The number of hydrazine groups is 1. The third-order valence-electron chi connectivity index (χ3n) is 3.18. The van der Waals surface area contributed by atoms with Gasteiger partial charge < -0.3 is 0 Å². The summed E-state index contributed by atoms with van der Waals surface area (Å²) in [5.74, 6) is 5.95. The maximum atomic E-state index is 9.07. The molecule has 0 fully saturated rings. The lowest BCUT2D eigenvalue weighted by atomic mass is 9.91. The summed E-state index contributed by atoms with van der Waals surface area (Å²) in [5, 5.41) is 9.07. The number of hydrogen-bond acceptors (Lipinski definition) is 3. The Balaban J connectivity index is 3.00. The summed E-state index contributed by atoms with van der Waals surface area (Å²) in [6.07, 6.45) is 1.12. The molecule has 1 aromatic carbocycles. The molecule has 0 aromatic heterocycles. The van der Waals surface area contributed by atoms with Gasteiger partial charge in [-0.25, -0.2) is 5.43 Å². The highest BCUT2D eigenvalue weighted by atomic mass is 15.3. The molecule has 0 amide bonds. The molecule has 0 spiro atoms. The van der Waals surface area contributed by atoms with E-state index in [0.717, 1.165) is 12.0 Å². The predicted octanol–water partition coefficient (Wildman–Crippen LogP) is 2.40. The van der Waals surface area contributed by atoms with Gasteiger partial charge in [0.15, 0.2) is 0 Å². The molecule has 0 aliphatic rings. The van der Waals surface area contributed by atoms with E-state index in [1.54, 1.807) is 6.92 Å². The number of benzene rings is 1. The molecule has 1 aromatic rings. The first-order valence-corrected chi connectivity index (χ1v) is 5.57. The Kier molecular flexibility index (Phi) is 4.05. The second-order valence-corrected chi connectivity index (χ2v) is 4.31. The zero-order valence-electron chi connectivity index (χ0n) is 10.1. The fourth-order valence-corrected chi connectivity index (χ4v) is 1.56. The van der Waals surface area contributed by atoms with E-state index in [2.05, 4.69) is 37.5 Å². The second-order valence-electron chi connectivity index (χ2n) is 4.31. The summed E-state index contributed by atoms with van der Waals surface area (Å²) in [6.45, 7) is 6.13. The Bertz CT molecular complexity index is 377. The Morgan fingerprint density at radius 2 is 2.00 bits per heavy atom. The van der Waals surface area contributed by atoms with Gasteiger partial charge in [0.05, 0.1) is 6.07 Å². The maximum Gasteiger partial charge on any atom is 0.141 e. The van der Waals surface area contributed by atoms with E-state index in [-0.39, 0.29) is 0 Å². The summed E-state index contributed by atoms with van der Waals surface area (Å²) >= 11 is 0. The van der Waals surface area contributed by atoms with Gasteiger partial charge in [-0.15, -0.1) is 0 Å². The van der Waals surface area contributed by atoms with Crippen molar-refractivity contribution in [2.24, 2.45) is 5.84 Å². The minimum Gasteiger partial charge on any atom is -0.270 e. The fourth-order valence-electron chi connectivity index (χ4n) is 1.56. The number of nitrogens with zero attached hydrogens (tertiary/aromatic N) is 1. The van der Waals surface area contributed by atoms with E-state index in [1.807, 2.05) is 12.1 Å². The van der Waals surface area contributed by atoms with E-state index >= 15 is 0 Å². The molecule has 2 unspecified atom stereocenters. The van der Waals surface area contributed by atoms with Gasteiger partial charge in [0, 0.05) is 0 Å². The van der Waals surface area contributed by atoms with Crippen molar-refractivity contribution in [2.75, 3.05) is 0 Å². The summed E-state index contributed by atoms with van der Waals surface area (Å²) in [6, 6.07) is 10.2. The summed E-state index contributed by atoms with van der Waals surface area (Å²) in [4.78, 5) is 0. The van der Waals surface area contributed by atoms with Crippen LogP contribution in [0.15, 0.2) is 24.3 Å². The molecule has 86 valence electrons. The molecule has 0 saturated carbocycles. The van der Waals surface area contributed by atoms with Gasteiger partial charge in [-0.3, -0.25) is 5.84 Å². The lowest BCUT2D eigenvalue weighted by Crippen LogP contribution is -2.42. The first kappa shape index (κ1) is 12.7. The summed E-state index contributed by atoms with van der Waals surface area (Å²) in [7, 11) is 0. The van der Waals surface area contributed by atoms with Crippen LogP contribution in [0.1, 0.15) is 44.2 Å². The van der Waals surface area contributed by atoms with Crippen LogP contribution >= 0.6 is 0 Å². The number of rotatable bonds is 4. The van der Waals surface area contributed by atoms with Crippen molar-refractivity contribution in [3.05, 3.63) is 35.4 Å². The highest BCUT2D eigenvalue weighted by Crippen LogP contribution is 2.23. The van der Waals surface area contributed by atoms with Gasteiger partial charge >= 0.3 is 0 Å². The summed E-state index contributed by atoms with van der Waals surface area (Å²) < 4.78 is 0. The van der Waals surface area contributed by atoms with Crippen molar-refractivity contribution in [1.29, 1.82) is 5.26 Å². The van der Waals surface area contributed by atoms with Crippen molar-refractivity contribution >= 4 is 0 Å². The molecule has 0 radical (unpaired) electrons. The van der Waals surface area contributed by atoms with Crippen LogP contribution in [0.4, 0.5) is 0 Å². The third-order valence-corrected chi connectivity index (χ3v) is 3.18. The van der Waals surface area contributed by atoms with Gasteiger partial charge in [0.25, 0.3) is 0 Å². The number of nitriles is 1. The quantitative estimate of drug-likeness (QED) is 0.601. The van der Waals surface area contributed by atoms with Gasteiger partial charge in [0.1, 0.15) is 5.54 Å². The minimum absolute atomic E-state index is 0.549. The molecule has 0 saturated heterocycles. The zero-order valence-corrected chi connectivity index (χ0v) is 10.1. The molecule has 0 aliphatic carbocycles. The Morgan fingerprint density at radius 1 is 1.44 bits per heavy atom. The average Bonchev–Trinajstić information content (AvgIpc) is 2.37. The van der Waals surface area contributed by atoms with Crippen LogP contribution in [0.3, 0.4) is 0 Å². The Labute approximate surface area is 97.2 Å². The highest BCUT2D eigenvalue weighted by Gasteiger charge is 2.24.